The number of fused-ring (bicyclic) bond motifs is 2. The van der Waals surface area contributed by atoms with Crippen LogP contribution in [0.2, 0.25) is 0 Å². The molecule has 1 N–H and O–H groups in total. The highest BCUT2D eigenvalue weighted by Crippen LogP contribution is 2.36. The van der Waals surface area contributed by atoms with Gasteiger partial charge in [0.1, 0.15) is 0 Å². The van der Waals surface area contributed by atoms with Crippen LogP contribution in [0, 0.1) is 0 Å². The number of benzene rings is 1. The highest BCUT2D eigenvalue weighted by Gasteiger charge is 2.20. The Bertz CT molecular complexity index is 376. The molecule has 0 amide bonds. The van der Waals surface area contributed by atoms with E-state index < -0.39 is 0 Å². The zero-order valence-electron chi connectivity index (χ0n) is 8.17. The van der Waals surface area contributed by atoms with E-state index in [9.17, 15) is 0 Å². The zero-order valence-corrected chi connectivity index (χ0v) is 8.17. The minimum absolute atomic E-state index is 0.362. The van der Waals surface area contributed by atoms with E-state index in [2.05, 4.69) is 24.4 Å². The zero-order chi connectivity index (χ0) is 9.54. The van der Waals surface area contributed by atoms with Crippen molar-refractivity contribution in [2.24, 2.45) is 0 Å². The first kappa shape index (κ1) is 8.12. The normalized spacial score (nSPS) is 23.4. The lowest BCUT2D eigenvalue weighted by atomic mass is 9.96. The Balaban J connectivity index is 2.06. The molecule has 3 heteroatoms. The molecule has 14 heavy (non-hydrogen) atoms. The molecular weight excluding hydrogens is 178 g/mol. The van der Waals surface area contributed by atoms with Crippen molar-refractivity contribution in [3.05, 3.63) is 23.3 Å². The summed E-state index contributed by atoms with van der Waals surface area (Å²) >= 11 is 0. The fourth-order valence-electron chi connectivity index (χ4n) is 2.07. The number of rotatable bonds is 0. The molecular formula is C11H13NO2. The highest BCUT2D eigenvalue weighted by atomic mass is 16.7. The summed E-state index contributed by atoms with van der Waals surface area (Å²) in [5.74, 6) is 1.79. The van der Waals surface area contributed by atoms with Crippen LogP contribution in [0.15, 0.2) is 12.1 Å². The van der Waals surface area contributed by atoms with Gasteiger partial charge in [-0.25, -0.2) is 0 Å². The third kappa shape index (κ3) is 1.16. The fourth-order valence-corrected chi connectivity index (χ4v) is 2.07. The van der Waals surface area contributed by atoms with Crippen LogP contribution in [0.25, 0.3) is 0 Å². The van der Waals surface area contributed by atoms with Crippen LogP contribution in [0.4, 0.5) is 0 Å². The van der Waals surface area contributed by atoms with Crippen molar-refractivity contribution in [2.75, 3.05) is 6.79 Å². The van der Waals surface area contributed by atoms with Crippen molar-refractivity contribution in [3.63, 3.8) is 0 Å². The average Bonchev–Trinajstić information content (AvgIpc) is 2.61. The van der Waals surface area contributed by atoms with E-state index in [1.54, 1.807) is 0 Å². The van der Waals surface area contributed by atoms with E-state index >= 15 is 0 Å². The Hall–Kier alpha value is -1.22. The van der Waals surface area contributed by atoms with Gasteiger partial charge in [0.15, 0.2) is 11.5 Å². The van der Waals surface area contributed by atoms with Crippen molar-refractivity contribution >= 4 is 0 Å². The first-order valence-electron chi connectivity index (χ1n) is 4.98. The largest absolute Gasteiger partial charge is 0.454 e. The van der Waals surface area contributed by atoms with Gasteiger partial charge >= 0.3 is 0 Å². The molecule has 1 atom stereocenters. The van der Waals surface area contributed by atoms with E-state index in [-0.39, 0.29) is 0 Å². The smallest absolute Gasteiger partial charge is 0.231 e. The first-order valence-corrected chi connectivity index (χ1v) is 4.98. The van der Waals surface area contributed by atoms with Crippen LogP contribution >= 0.6 is 0 Å². The maximum Gasteiger partial charge on any atom is 0.231 e. The number of ether oxygens (including phenoxy) is 2. The third-order valence-electron chi connectivity index (χ3n) is 2.86. The maximum absolute atomic E-state index is 5.36. The lowest BCUT2D eigenvalue weighted by Crippen LogP contribution is -2.32. The van der Waals surface area contributed by atoms with Crippen molar-refractivity contribution in [1.29, 1.82) is 0 Å². The van der Waals surface area contributed by atoms with Crippen molar-refractivity contribution in [3.8, 4) is 11.5 Å². The van der Waals surface area contributed by atoms with E-state index in [0.717, 1.165) is 24.5 Å². The molecule has 0 spiro atoms. The Kier molecular flexibility index (Phi) is 1.67. The predicted molar refractivity (Wildman–Crippen MR) is 52.6 cm³/mol. The average molecular weight is 191 g/mol. The second-order valence-electron chi connectivity index (χ2n) is 3.96. The van der Waals surface area contributed by atoms with Crippen LogP contribution in [0.3, 0.4) is 0 Å². The van der Waals surface area contributed by atoms with Crippen LogP contribution in [-0.4, -0.2) is 12.8 Å². The molecule has 0 aromatic heterocycles. The molecule has 0 saturated heterocycles. The monoisotopic (exact) mass is 191 g/mol. The van der Waals surface area contributed by atoms with Crippen LogP contribution in [0.1, 0.15) is 18.1 Å². The van der Waals surface area contributed by atoms with Gasteiger partial charge in [-0.2, -0.15) is 0 Å². The third-order valence-corrected chi connectivity index (χ3v) is 2.86. The maximum atomic E-state index is 5.36. The van der Waals surface area contributed by atoms with E-state index in [1.807, 2.05) is 0 Å². The first-order chi connectivity index (χ1) is 6.83. The second kappa shape index (κ2) is 2.89. The van der Waals surface area contributed by atoms with Crippen LogP contribution in [-0.2, 0) is 13.0 Å². The summed E-state index contributed by atoms with van der Waals surface area (Å²) in [6, 6.07) is 4.77. The summed E-state index contributed by atoms with van der Waals surface area (Å²) in [6.45, 7) is 3.50. The SMILES string of the molecule is C[C@@H]1Cc2cc3c(cc2CN1)OCO3. The van der Waals surface area contributed by atoms with Gasteiger partial charge in [0.05, 0.1) is 0 Å². The number of hydrogen-bond acceptors (Lipinski definition) is 3. The predicted octanol–water partition coefficient (Wildman–Crippen LogP) is 1.45. The van der Waals surface area contributed by atoms with Gasteiger partial charge < -0.3 is 14.8 Å². The van der Waals surface area contributed by atoms with Gasteiger partial charge in [0, 0.05) is 12.6 Å². The molecule has 0 aliphatic carbocycles. The topological polar surface area (TPSA) is 30.5 Å². The molecule has 0 saturated carbocycles. The molecule has 74 valence electrons. The van der Waals surface area contributed by atoms with Gasteiger partial charge in [-0.15, -0.1) is 0 Å². The molecule has 2 aliphatic rings. The van der Waals surface area contributed by atoms with Crippen LogP contribution < -0.4 is 14.8 Å². The molecule has 0 unspecified atom stereocenters. The summed E-state index contributed by atoms with van der Waals surface area (Å²) < 4.78 is 10.7. The summed E-state index contributed by atoms with van der Waals surface area (Å²) in [5.41, 5.74) is 2.73. The van der Waals surface area contributed by atoms with E-state index in [1.165, 1.54) is 11.1 Å². The quantitative estimate of drug-likeness (QED) is 0.673. The Morgan fingerprint density at radius 3 is 2.71 bits per heavy atom. The fraction of sp³-hybridized carbons (Fsp3) is 0.455. The van der Waals surface area contributed by atoms with Crippen molar-refractivity contribution in [1.82, 2.24) is 5.32 Å². The minimum atomic E-state index is 0.362. The van der Waals surface area contributed by atoms with Gasteiger partial charge in [-0.3, -0.25) is 0 Å². The molecule has 0 bridgehead atoms. The Morgan fingerprint density at radius 2 is 1.93 bits per heavy atom. The molecule has 1 aromatic carbocycles. The standard InChI is InChI=1S/C11H13NO2/c1-7-2-8-3-10-11(14-6-13-10)4-9(8)5-12-7/h3-4,7,12H,2,5-6H2,1H3/t7-/m1/s1. The molecule has 3 rings (SSSR count). The van der Waals surface area contributed by atoms with E-state index in [4.69, 9.17) is 9.47 Å². The molecule has 0 radical (unpaired) electrons. The molecule has 1 aromatic rings. The van der Waals surface area contributed by atoms with Gasteiger partial charge in [-0.05, 0) is 36.6 Å². The summed E-state index contributed by atoms with van der Waals surface area (Å²) in [6.07, 6.45) is 1.08. The van der Waals surface area contributed by atoms with Gasteiger partial charge in [0.25, 0.3) is 0 Å². The molecule has 3 nitrogen and oxygen atoms in total. The Labute approximate surface area is 83.0 Å². The van der Waals surface area contributed by atoms with Crippen molar-refractivity contribution in [2.45, 2.75) is 25.9 Å². The summed E-state index contributed by atoms with van der Waals surface area (Å²) in [7, 11) is 0. The van der Waals surface area contributed by atoms with Gasteiger partial charge in [-0.1, -0.05) is 0 Å². The summed E-state index contributed by atoms with van der Waals surface area (Å²) in [4.78, 5) is 0. The van der Waals surface area contributed by atoms with E-state index in [0.29, 0.717) is 12.8 Å². The summed E-state index contributed by atoms with van der Waals surface area (Å²) in [5, 5.41) is 3.43. The number of hydrogen-bond donors (Lipinski definition) is 1. The molecule has 0 fully saturated rings. The minimum Gasteiger partial charge on any atom is -0.454 e. The molecule has 2 heterocycles. The highest BCUT2D eigenvalue weighted by molar-refractivity contribution is 5.49. The lowest BCUT2D eigenvalue weighted by Gasteiger charge is -2.23. The van der Waals surface area contributed by atoms with Gasteiger partial charge in [0.2, 0.25) is 6.79 Å². The molecule has 2 aliphatic heterocycles. The Morgan fingerprint density at radius 1 is 1.21 bits per heavy atom. The second-order valence-corrected chi connectivity index (χ2v) is 3.96. The van der Waals surface area contributed by atoms with Crippen molar-refractivity contribution < 1.29 is 9.47 Å². The number of nitrogens with one attached hydrogen (secondary N) is 1. The van der Waals surface area contributed by atoms with Crippen LogP contribution in [0.5, 0.6) is 11.5 Å². The lowest BCUT2D eigenvalue weighted by molar-refractivity contribution is 0.174.